The molecule has 9 nitrogen and oxygen atoms in total. The number of aromatic nitrogens is 2. The predicted molar refractivity (Wildman–Crippen MR) is 93.5 cm³/mol. The fourth-order valence-electron chi connectivity index (χ4n) is 2.23. The molecule has 1 heterocycles. The number of hydrogen-bond donors (Lipinski definition) is 0. The maximum atomic E-state index is 11.5. The van der Waals surface area contributed by atoms with Gasteiger partial charge in [-0.05, 0) is 24.3 Å². The van der Waals surface area contributed by atoms with Gasteiger partial charge >= 0.3 is 11.7 Å². The van der Waals surface area contributed by atoms with Crippen LogP contribution >= 0.6 is 11.6 Å². The standard InChI is InChI=1S/C17H12ClN3O6/c1-25-17(22)10-6-7-14(13(8-10)21(23)24)26-9-15-19-16(27-20-15)11-4-2-3-5-12(11)18/h2-8H,9H2,1H3. The lowest BCUT2D eigenvalue weighted by molar-refractivity contribution is -0.386. The topological polar surface area (TPSA) is 118 Å². The Morgan fingerprint density at radius 1 is 1.30 bits per heavy atom. The summed E-state index contributed by atoms with van der Waals surface area (Å²) in [5.74, 6) is -0.352. The molecule has 0 fully saturated rings. The summed E-state index contributed by atoms with van der Waals surface area (Å²) in [6, 6.07) is 10.7. The summed E-state index contributed by atoms with van der Waals surface area (Å²) in [7, 11) is 1.19. The highest BCUT2D eigenvalue weighted by Crippen LogP contribution is 2.29. The van der Waals surface area contributed by atoms with Gasteiger partial charge in [0.05, 0.1) is 28.2 Å². The third-order valence-corrected chi connectivity index (χ3v) is 3.84. The summed E-state index contributed by atoms with van der Waals surface area (Å²) >= 11 is 6.08. The Labute approximate surface area is 157 Å². The molecule has 0 radical (unpaired) electrons. The zero-order valence-electron chi connectivity index (χ0n) is 13.9. The molecule has 0 atom stereocenters. The second-order valence-corrected chi connectivity index (χ2v) is 5.62. The number of esters is 1. The van der Waals surface area contributed by atoms with Crippen LogP contribution in [0.3, 0.4) is 0 Å². The molecular formula is C17H12ClN3O6. The van der Waals surface area contributed by atoms with Crippen LogP contribution in [0, 0.1) is 10.1 Å². The van der Waals surface area contributed by atoms with Crippen LogP contribution in [0.2, 0.25) is 5.02 Å². The van der Waals surface area contributed by atoms with E-state index in [1.807, 2.05) is 0 Å². The largest absolute Gasteiger partial charge is 0.478 e. The molecule has 0 aliphatic rings. The van der Waals surface area contributed by atoms with Gasteiger partial charge in [-0.1, -0.05) is 28.9 Å². The predicted octanol–water partition coefficient (Wildman–Crippen LogP) is 3.66. The van der Waals surface area contributed by atoms with E-state index in [-0.39, 0.29) is 35.3 Å². The van der Waals surface area contributed by atoms with Crippen molar-refractivity contribution in [1.82, 2.24) is 10.1 Å². The van der Waals surface area contributed by atoms with Crippen LogP contribution in [-0.2, 0) is 11.3 Å². The number of methoxy groups -OCH3 is 1. The number of ether oxygens (including phenoxy) is 2. The molecular weight excluding hydrogens is 378 g/mol. The maximum absolute atomic E-state index is 11.5. The first-order valence-electron chi connectivity index (χ1n) is 7.56. The quantitative estimate of drug-likeness (QED) is 0.356. The molecule has 0 amide bonds. The van der Waals surface area contributed by atoms with Gasteiger partial charge < -0.3 is 14.0 Å². The third kappa shape index (κ3) is 4.04. The van der Waals surface area contributed by atoms with Crippen LogP contribution in [-0.4, -0.2) is 28.1 Å². The highest BCUT2D eigenvalue weighted by atomic mass is 35.5. The fraction of sp³-hybridized carbons (Fsp3) is 0.118. The van der Waals surface area contributed by atoms with Gasteiger partial charge in [0.2, 0.25) is 5.82 Å². The van der Waals surface area contributed by atoms with Crippen molar-refractivity contribution in [1.29, 1.82) is 0 Å². The molecule has 2 aromatic carbocycles. The van der Waals surface area contributed by atoms with E-state index in [1.54, 1.807) is 24.3 Å². The molecule has 0 aliphatic carbocycles. The average molecular weight is 390 g/mol. The number of benzene rings is 2. The third-order valence-electron chi connectivity index (χ3n) is 3.51. The Bertz CT molecular complexity index is 1000. The highest BCUT2D eigenvalue weighted by Gasteiger charge is 2.20. The van der Waals surface area contributed by atoms with Gasteiger partial charge in [0.25, 0.3) is 5.89 Å². The molecule has 27 heavy (non-hydrogen) atoms. The van der Waals surface area contributed by atoms with Gasteiger partial charge in [0, 0.05) is 6.07 Å². The minimum atomic E-state index is -0.688. The van der Waals surface area contributed by atoms with Crippen molar-refractivity contribution in [2.75, 3.05) is 7.11 Å². The Morgan fingerprint density at radius 3 is 2.78 bits per heavy atom. The van der Waals surface area contributed by atoms with Crippen molar-refractivity contribution in [3.8, 4) is 17.2 Å². The zero-order valence-corrected chi connectivity index (χ0v) is 14.7. The van der Waals surface area contributed by atoms with E-state index in [0.29, 0.717) is 10.6 Å². The molecule has 0 N–H and O–H groups in total. The summed E-state index contributed by atoms with van der Waals surface area (Å²) in [5.41, 5.74) is 0.219. The van der Waals surface area contributed by atoms with Crippen molar-refractivity contribution in [3.63, 3.8) is 0 Å². The Kier molecular flexibility index (Phi) is 5.32. The molecule has 1 aromatic heterocycles. The summed E-state index contributed by atoms with van der Waals surface area (Å²) in [5, 5.41) is 15.4. The van der Waals surface area contributed by atoms with E-state index >= 15 is 0 Å². The number of halogens is 1. The first-order chi connectivity index (χ1) is 13.0. The van der Waals surface area contributed by atoms with Crippen molar-refractivity contribution in [2.45, 2.75) is 6.61 Å². The number of nitro benzene ring substituents is 1. The number of hydrogen-bond acceptors (Lipinski definition) is 8. The van der Waals surface area contributed by atoms with Crippen molar-refractivity contribution < 1.29 is 23.7 Å². The Morgan fingerprint density at radius 2 is 2.07 bits per heavy atom. The SMILES string of the molecule is COC(=O)c1ccc(OCc2noc(-c3ccccc3Cl)n2)c([N+](=O)[O-])c1. The smallest absolute Gasteiger partial charge is 0.338 e. The summed E-state index contributed by atoms with van der Waals surface area (Å²) in [4.78, 5) is 26.2. The first kappa shape index (κ1) is 18.3. The zero-order chi connectivity index (χ0) is 19.4. The number of nitrogens with zero attached hydrogens (tertiary/aromatic N) is 3. The molecule has 0 saturated heterocycles. The number of carbonyl (C=O) groups is 1. The van der Waals surface area contributed by atoms with E-state index in [0.717, 1.165) is 6.07 Å². The van der Waals surface area contributed by atoms with Gasteiger partial charge in [-0.2, -0.15) is 4.98 Å². The number of rotatable bonds is 6. The Balaban J connectivity index is 1.78. The number of carbonyl (C=O) groups excluding carboxylic acids is 1. The molecule has 0 unspecified atom stereocenters. The second-order valence-electron chi connectivity index (χ2n) is 5.22. The molecule has 0 bridgehead atoms. The van der Waals surface area contributed by atoms with Crippen molar-refractivity contribution >= 4 is 23.3 Å². The lowest BCUT2D eigenvalue weighted by Gasteiger charge is -2.06. The molecule has 0 spiro atoms. The van der Waals surface area contributed by atoms with Crippen LogP contribution in [0.1, 0.15) is 16.2 Å². The molecule has 10 heteroatoms. The summed E-state index contributed by atoms with van der Waals surface area (Å²) in [6.07, 6.45) is 0. The van der Waals surface area contributed by atoms with E-state index in [4.69, 9.17) is 20.9 Å². The van der Waals surface area contributed by atoms with Crippen LogP contribution < -0.4 is 4.74 Å². The van der Waals surface area contributed by atoms with E-state index < -0.39 is 10.9 Å². The van der Waals surface area contributed by atoms with Crippen LogP contribution in [0.15, 0.2) is 47.0 Å². The van der Waals surface area contributed by atoms with Crippen molar-refractivity contribution in [2.24, 2.45) is 0 Å². The molecule has 0 saturated carbocycles. The monoisotopic (exact) mass is 389 g/mol. The van der Waals surface area contributed by atoms with Gasteiger partial charge in [-0.25, -0.2) is 4.79 Å². The molecule has 138 valence electrons. The average Bonchev–Trinajstić information content (AvgIpc) is 3.14. The van der Waals surface area contributed by atoms with Gasteiger partial charge in [-0.3, -0.25) is 10.1 Å². The van der Waals surface area contributed by atoms with E-state index in [1.165, 1.54) is 19.2 Å². The molecule has 0 aliphatic heterocycles. The summed E-state index contributed by atoms with van der Waals surface area (Å²) < 4.78 is 15.1. The lowest BCUT2D eigenvalue weighted by atomic mass is 10.2. The van der Waals surface area contributed by atoms with E-state index in [9.17, 15) is 14.9 Å². The highest BCUT2D eigenvalue weighted by molar-refractivity contribution is 6.33. The number of nitro groups is 1. The van der Waals surface area contributed by atoms with E-state index in [2.05, 4.69) is 14.9 Å². The van der Waals surface area contributed by atoms with Gasteiger partial charge in [-0.15, -0.1) is 0 Å². The molecule has 3 aromatic rings. The van der Waals surface area contributed by atoms with Crippen LogP contribution in [0.4, 0.5) is 5.69 Å². The maximum Gasteiger partial charge on any atom is 0.338 e. The van der Waals surface area contributed by atoms with Crippen molar-refractivity contribution in [3.05, 3.63) is 69.0 Å². The normalized spacial score (nSPS) is 10.4. The minimum Gasteiger partial charge on any atom is -0.478 e. The lowest BCUT2D eigenvalue weighted by Crippen LogP contribution is -2.05. The molecule has 3 rings (SSSR count). The van der Waals surface area contributed by atoms with Crippen LogP contribution in [0.5, 0.6) is 5.75 Å². The van der Waals surface area contributed by atoms with Gasteiger partial charge in [0.15, 0.2) is 12.4 Å². The summed E-state index contributed by atoms with van der Waals surface area (Å²) in [6.45, 7) is -0.174. The fourth-order valence-corrected chi connectivity index (χ4v) is 2.44. The van der Waals surface area contributed by atoms with Gasteiger partial charge in [0.1, 0.15) is 0 Å². The minimum absolute atomic E-state index is 0.0390. The second kappa shape index (κ2) is 7.83. The Hall–Kier alpha value is -3.46. The first-order valence-corrected chi connectivity index (χ1v) is 7.94. The van der Waals surface area contributed by atoms with Crippen LogP contribution in [0.25, 0.3) is 11.5 Å².